The van der Waals surface area contributed by atoms with Crippen molar-refractivity contribution >= 4 is 23.3 Å². The van der Waals surface area contributed by atoms with Crippen molar-refractivity contribution in [2.75, 3.05) is 10.2 Å². The molecule has 6 heteroatoms. The van der Waals surface area contributed by atoms with Crippen LogP contribution in [0.4, 0.5) is 15.9 Å². The standard InChI is InChI=1S/C28H22FN3O2/c1-18-23(10-6-11-24(18)29)27(33)31-26-14-13-21(16-30-26)28(34)32-17-22-9-3-2-7-19(22)15-20-8-4-5-12-25(20)32/h2-14,16H,15,17H2,1H3,(H,30,31,33). The van der Waals surface area contributed by atoms with E-state index in [9.17, 15) is 14.0 Å². The Kier molecular flexibility index (Phi) is 5.64. The van der Waals surface area contributed by atoms with Crippen LogP contribution in [0.1, 0.15) is 43.0 Å². The number of para-hydroxylation sites is 1. The van der Waals surface area contributed by atoms with Crippen LogP contribution in [0.3, 0.4) is 0 Å². The van der Waals surface area contributed by atoms with Crippen molar-refractivity contribution in [3.8, 4) is 0 Å². The van der Waals surface area contributed by atoms with Crippen LogP contribution in [0.15, 0.2) is 85.1 Å². The third-order valence-corrected chi connectivity index (χ3v) is 6.12. The van der Waals surface area contributed by atoms with Gasteiger partial charge in [-0.05, 0) is 65.9 Å². The second kappa shape index (κ2) is 8.90. The van der Waals surface area contributed by atoms with E-state index in [1.54, 1.807) is 30.0 Å². The number of nitrogens with one attached hydrogen (secondary N) is 1. The largest absolute Gasteiger partial charge is 0.307 e. The van der Waals surface area contributed by atoms with Crippen LogP contribution in [0, 0.1) is 12.7 Å². The maximum atomic E-state index is 13.8. The van der Waals surface area contributed by atoms with Crippen molar-refractivity contribution in [3.63, 3.8) is 0 Å². The molecule has 1 N–H and O–H groups in total. The summed E-state index contributed by atoms with van der Waals surface area (Å²) in [6.07, 6.45) is 2.22. The summed E-state index contributed by atoms with van der Waals surface area (Å²) < 4.78 is 13.8. The van der Waals surface area contributed by atoms with Gasteiger partial charge in [-0.25, -0.2) is 9.37 Å². The molecule has 4 aromatic rings. The predicted octanol–water partition coefficient (Wildman–Crippen LogP) is 5.53. The van der Waals surface area contributed by atoms with Gasteiger partial charge in [0.2, 0.25) is 0 Å². The molecular formula is C28H22FN3O2. The van der Waals surface area contributed by atoms with Gasteiger partial charge in [-0.1, -0.05) is 48.5 Å². The Hall–Kier alpha value is -4.32. The molecule has 5 nitrogen and oxygen atoms in total. The van der Waals surface area contributed by atoms with Crippen molar-refractivity contribution in [3.05, 3.63) is 124 Å². The van der Waals surface area contributed by atoms with E-state index in [-0.39, 0.29) is 22.9 Å². The van der Waals surface area contributed by atoms with Gasteiger partial charge >= 0.3 is 0 Å². The SMILES string of the molecule is Cc1c(F)cccc1C(=O)Nc1ccc(C(=O)N2Cc3ccccc3Cc3ccccc32)cn1. The number of anilines is 2. The van der Waals surface area contributed by atoms with E-state index in [1.807, 2.05) is 42.5 Å². The van der Waals surface area contributed by atoms with Crippen molar-refractivity contribution in [2.45, 2.75) is 19.9 Å². The molecule has 5 rings (SSSR count). The fourth-order valence-corrected chi connectivity index (χ4v) is 4.24. The van der Waals surface area contributed by atoms with Crippen molar-refractivity contribution in [2.24, 2.45) is 0 Å². The first-order chi connectivity index (χ1) is 16.5. The summed E-state index contributed by atoms with van der Waals surface area (Å²) in [4.78, 5) is 32.1. The maximum absolute atomic E-state index is 13.8. The number of aromatic nitrogens is 1. The molecule has 0 saturated carbocycles. The second-order valence-electron chi connectivity index (χ2n) is 8.26. The molecule has 1 aliphatic rings. The third-order valence-electron chi connectivity index (χ3n) is 6.12. The van der Waals surface area contributed by atoms with Gasteiger partial charge in [0.05, 0.1) is 12.1 Å². The molecule has 0 fully saturated rings. The van der Waals surface area contributed by atoms with Crippen molar-refractivity contribution in [1.82, 2.24) is 4.98 Å². The summed E-state index contributed by atoms with van der Waals surface area (Å²) in [7, 11) is 0. The molecule has 168 valence electrons. The predicted molar refractivity (Wildman–Crippen MR) is 130 cm³/mol. The van der Waals surface area contributed by atoms with Crippen LogP contribution in [0.5, 0.6) is 0 Å². The average molecular weight is 452 g/mol. The molecule has 1 aliphatic heterocycles. The monoisotopic (exact) mass is 451 g/mol. The van der Waals surface area contributed by atoms with E-state index < -0.39 is 11.7 Å². The van der Waals surface area contributed by atoms with Gasteiger partial charge in [0.1, 0.15) is 11.6 Å². The summed E-state index contributed by atoms with van der Waals surface area (Å²) in [6, 6.07) is 23.6. The fraction of sp³-hybridized carbons (Fsp3) is 0.107. The van der Waals surface area contributed by atoms with Gasteiger partial charge in [0.15, 0.2) is 0 Å². The zero-order chi connectivity index (χ0) is 23.7. The molecule has 0 aliphatic carbocycles. The van der Waals surface area contributed by atoms with Crippen molar-refractivity contribution in [1.29, 1.82) is 0 Å². The maximum Gasteiger partial charge on any atom is 0.260 e. The molecule has 0 saturated heterocycles. The highest BCUT2D eigenvalue weighted by Crippen LogP contribution is 2.31. The number of fused-ring (bicyclic) bond motifs is 2. The lowest BCUT2D eigenvalue weighted by Gasteiger charge is -2.23. The Balaban J connectivity index is 1.40. The summed E-state index contributed by atoms with van der Waals surface area (Å²) in [5.41, 5.74) is 5.19. The van der Waals surface area contributed by atoms with Gasteiger partial charge in [-0.3, -0.25) is 9.59 Å². The molecule has 0 bridgehead atoms. The van der Waals surface area contributed by atoms with Gasteiger partial charge in [0.25, 0.3) is 11.8 Å². The highest BCUT2D eigenvalue weighted by molar-refractivity contribution is 6.07. The normalized spacial score (nSPS) is 12.4. The fourth-order valence-electron chi connectivity index (χ4n) is 4.24. The number of amides is 2. The van der Waals surface area contributed by atoms with Gasteiger partial charge < -0.3 is 10.2 Å². The summed E-state index contributed by atoms with van der Waals surface area (Å²) in [5.74, 6) is -0.787. The zero-order valence-corrected chi connectivity index (χ0v) is 18.6. The van der Waals surface area contributed by atoms with E-state index in [0.717, 1.165) is 23.2 Å². The van der Waals surface area contributed by atoms with Crippen LogP contribution in [0.2, 0.25) is 0 Å². The zero-order valence-electron chi connectivity index (χ0n) is 18.6. The first-order valence-electron chi connectivity index (χ1n) is 11.0. The Morgan fingerprint density at radius 1 is 0.882 bits per heavy atom. The van der Waals surface area contributed by atoms with Crippen LogP contribution < -0.4 is 10.2 Å². The Morgan fingerprint density at radius 3 is 2.38 bits per heavy atom. The highest BCUT2D eigenvalue weighted by atomic mass is 19.1. The number of rotatable bonds is 3. The van der Waals surface area contributed by atoms with Crippen LogP contribution in [0.25, 0.3) is 0 Å². The molecule has 1 aromatic heterocycles. The first kappa shape index (κ1) is 21.5. The van der Waals surface area contributed by atoms with Crippen molar-refractivity contribution < 1.29 is 14.0 Å². The average Bonchev–Trinajstić information content (AvgIpc) is 3.02. The minimum absolute atomic E-state index is 0.171. The number of halogens is 1. The highest BCUT2D eigenvalue weighted by Gasteiger charge is 2.25. The first-order valence-corrected chi connectivity index (χ1v) is 11.0. The van der Waals surface area contributed by atoms with E-state index in [1.165, 1.54) is 23.9 Å². The number of nitrogens with zero attached hydrogens (tertiary/aromatic N) is 2. The quantitative estimate of drug-likeness (QED) is 0.445. The lowest BCUT2D eigenvalue weighted by atomic mass is 10.0. The van der Waals surface area contributed by atoms with Crippen LogP contribution in [-0.2, 0) is 13.0 Å². The molecule has 0 spiro atoms. The molecule has 0 radical (unpaired) electrons. The second-order valence-corrected chi connectivity index (χ2v) is 8.26. The Bertz CT molecular complexity index is 1400. The summed E-state index contributed by atoms with van der Waals surface area (Å²) in [5, 5.41) is 2.67. The third kappa shape index (κ3) is 4.06. The van der Waals surface area contributed by atoms with E-state index >= 15 is 0 Å². The molecule has 0 atom stereocenters. The minimum Gasteiger partial charge on any atom is -0.307 e. The molecule has 0 unspecified atom stereocenters. The number of benzene rings is 3. The molecular weight excluding hydrogens is 429 g/mol. The van der Waals surface area contributed by atoms with Gasteiger partial charge in [-0.15, -0.1) is 0 Å². The number of carbonyl (C=O) groups excluding carboxylic acids is 2. The topological polar surface area (TPSA) is 62.3 Å². The molecule has 3 aromatic carbocycles. The number of pyridine rings is 1. The van der Waals surface area contributed by atoms with E-state index in [0.29, 0.717) is 12.1 Å². The van der Waals surface area contributed by atoms with Gasteiger partial charge in [-0.2, -0.15) is 0 Å². The minimum atomic E-state index is -0.457. The number of hydrogen-bond donors (Lipinski definition) is 1. The molecule has 34 heavy (non-hydrogen) atoms. The molecule has 2 amide bonds. The summed E-state index contributed by atoms with van der Waals surface area (Å²) >= 11 is 0. The smallest absolute Gasteiger partial charge is 0.260 e. The lowest BCUT2D eigenvalue weighted by Crippen LogP contribution is -2.30. The number of carbonyl (C=O) groups is 2. The van der Waals surface area contributed by atoms with E-state index in [4.69, 9.17) is 0 Å². The van der Waals surface area contributed by atoms with Crippen LogP contribution >= 0.6 is 0 Å². The summed E-state index contributed by atoms with van der Waals surface area (Å²) in [6.45, 7) is 2.01. The van der Waals surface area contributed by atoms with E-state index in [2.05, 4.69) is 16.4 Å². The van der Waals surface area contributed by atoms with Crippen LogP contribution in [-0.4, -0.2) is 16.8 Å². The molecule has 2 heterocycles. The Morgan fingerprint density at radius 2 is 1.62 bits per heavy atom. The number of hydrogen-bond acceptors (Lipinski definition) is 3. The Labute approximate surface area is 196 Å². The lowest BCUT2D eigenvalue weighted by molar-refractivity contribution is 0.0983. The van der Waals surface area contributed by atoms with Gasteiger partial charge in [0, 0.05) is 17.4 Å².